The second kappa shape index (κ2) is 8.61. The second-order valence-corrected chi connectivity index (χ2v) is 7.33. The van der Waals surface area contributed by atoms with Crippen LogP contribution in [0.2, 0.25) is 0 Å². The molecule has 3 rings (SSSR count). The maximum Gasteiger partial charge on any atom is 0.0650 e. The van der Waals surface area contributed by atoms with E-state index in [1.54, 1.807) is 0 Å². The van der Waals surface area contributed by atoms with Gasteiger partial charge in [-0.05, 0) is 24.0 Å². The third-order valence-electron chi connectivity index (χ3n) is 5.02. The lowest BCUT2D eigenvalue weighted by molar-refractivity contribution is 0.0494. The summed E-state index contributed by atoms with van der Waals surface area (Å²) >= 11 is 0. The van der Waals surface area contributed by atoms with Gasteiger partial charge < -0.3 is 5.11 Å². The van der Waals surface area contributed by atoms with Gasteiger partial charge in [0.2, 0.25) is 0 Å². The van der Waals surface area contributed by atoms with Crippen LogP contribution in [0.3, 0.4) is 0 Å². The van der Waals surface area contributed by atoms with Crippen molar-refractivity contribution < 1.29 is 5.11 Å². The number of benzene rings is 1. The molecule has 2 heterocycles. The van der Waals surface area contributed by atoms with Gasteiger partial charge in [-0.2, -0.15) is 5.10 Å². The molecule has 5 nitrogen and oxygen atoms in total. The fourth-order valence-corrected chi connectivity index (χ4v) is 3.55. The molecule has 1 unspecified atom stereocenters. The Morgan fingerprint density at radius 3 is 2.68 bits per heavy atom. The normalized spacial score (nSPS) is 19.6. The summed E-state index contributed by atoms with van der Waals surface area (Å²) in [6, 6.07) is 13.2. The van der Waals surface area contributed by atoms with Gasteiger partial charge in [-0.1, -0.05) is 44.2 Å². The molecule has 0 amide bonds. The molecule has 0 spiro atoms. The molecule has 136 valence electrons. The Kier molecular flexibility index (Phi) is 6.24. The van der Waals surface area contributed by atoms with E-state index in [-0.39, 0.29) is 6.61 Å². The zero-order valence-corrected chi connectivity index (χ0v) is 15.4. The molecule has 1 aromatic carbocycles. The number of aromatic nitrogens is 2. The number of nitrogens with one attached hydrogen (secondary N) is 1. The standard InChI is InChI=1S/C20H30N4O/c1-16(2)20-12-18(21-22-20)14-23-9-10-24(19(15-23)8-11-25)13-17-6-4-3-5-7-17/h3-7,12,16,19,25H,8-11,13-15H2,1-2H3,(H,21,22). The van der Waals surface area contributed by atoms with Gasteiger partial charge in [0.15, 0.2) is 0 Å². The molecule has 1 atom stereocenters. The first kappa shape index (κ1) is 18.1. The van der Waals surface area contributed by atoms with E-state index in [4.69, 9.17) is 0 Å². The van der Waals surface area contributed by atoms with Crippen LogP contribution in [0.5, 0.6) is 0 Å². The van der Waals surface area contributed by atoms with Crippen molar-refractivity contribution in [3.05, 3.63) is 53.3 Å². The molecular formula is C20H30N4O. The largest absolute Gasteiger partial charge is 0.396 e. The summed E-state index contributed by atoms with van der Waals surface area (Å²) in [5.41, 5.74) is 3.65. The van der Waals surface area contributed by atoms with E-state index in [1.165, 1.54) is 11.3 Å². The lowest BCUT2D eigenvalue weighted by Crippen LogP contribution is -2.52. The van der Waals surface area contributed by atoms with E-state index >= 15 is 0 Å². The smallest absolute Gasteiger partial charge is 0.0650 e. The molecule has 2 aromatic rings. The Balaban J connectivity index is 1.60. The first-order valence-electron chi connectivity index (χ1n) is 9.31. The molecule has 1 fully saturated rings. The predicted molar refractivity (Wildman–Crippen MR) is 100 cm³/mol. The van der Waals surface area contributed by atoms with Crippen molar-refractivity contribution in [2.45, 2.75) is 45.3 Å². The zero-order chi connectivity index (χ0) is 17.6. The summed E-state index contributed by atoms with van der Waals surface area (Å²) in [4.78, 5) is 4.98. The monoisotopic (exact) mass is 342 g/mol. The van der Waals surface area contributed by atoms with Crippen LogP contribution in [0.4, 0.5) is 0 Å². The van der Waals surface area contributed by atoms with E-state index in [9.17, 15) is 5.11 Å². The molecular weight excluding hydrogens is 312 g/mol. The van der Waals surface area contributed by atoms with Crippen molar-refractivity contribution in [2.24, 2.45) is 0 Å². The Morgan fingerprint density at radius 1 is 1.20 bits per heavy atom. The van der Waals surface area contributed by atoms with Gasteiger partial charge in [-0.3, -0.25) is 14.9 Å². The van der Waals surface area contributed by atoms with E-state index in [1.807, 2.05) is 0 Å². The minimum atomic E-state index is 0.241. The summed E-state index contributed by atoms with van der Waals surface area (Å²) in [7, 11) is 0. The van der Waals surface area contributed by atoms with Crippen LogP contribution < -0.4 is 0 Å². The summed E-state index contributed by atoms with van der Waals surface area (Å²) in [5.74, 6) is 0.454. The number of rotatable bonds is 7. The van der Waals surface area contributed by atoms with Crippen LogP contribution in [0.1, 0.15) is 43.1 Å². The van der Waals surface area contributed by atoms with Crippen molar-refractivity contribution in [3.63, 3.8) is 0 Å². The van der Waals surface area contributed by atoms with Crippen LogP contribution in [0.25, 0.3) is 0 Å². The minimum Gasteiger partial charge on any atom is -0.396 e. The van der Waals surface area contributed by atoms with Crippen LogP contribution in [0, 0.1) is 0 Å². The molecule has 1 aliphatic rings. The van der Waals surface area contributed by atoms with Crippen molar-refractivity contribution in [1.29, 1.82) is 0 Å². The molecule has 0 aliphatic carbocycles. The predicted octanol–water partition coefficient (Wildman–Crippen LogP) is 2.60. The van der Waals surface area contributed by atoms with Crippen molar-refractivity contribution in [3.8, 4) is 0 Å². The van der Waals surface area contributed by atoms with Gasteiger partial charge >= 0.3 is 0 Å². The van der Waals surface area contributed by atoms with Crippen molar-refractivity contribution >= 4 is 0 Å². The van der Waals surface area contributed by atoms with E-state index in [2.05, 4.69) is 70.2 Å². The van der Waals surface area contributed by atoms with Crippen molar-refractivity contribution in [1.82, 2.24) is 20.0 Å². The van der Waals surface area contributed by atoms with Gasteiger partial charge in [0.1, 0.15) is 0 Å². The summed E-state index contributed by atoms with van der Waals surface area (Å²) in [6.07, 6.45) is 0.823. The highest BCUT2D eigenvalue weighted by Gasteiger charge is 2.27. The van der Waals surface area contributed by atoms with Gasteiger partial charge in [0.05, 0.1) is 5.69 Å². The highest BCUT2D eigenvalue weighted by molar-refractivity contribution is 5.15. The van der Waals surface area contributed by atoms with Gasteiger partial charge in [0.25, 0.3) is 0 Å². The third-order valence-corrected chi connectivity index (χ3v) is 5.02. The third kappa shape index (κ3) is 4.91. The molecule has 1 aliphatic heterocycles. The highest BCUT2D eigenvalue weighted by atomic mass is 16.3. The van der Waals surface area contributed by atoms with E-state index in [0.29, 0.717) is 12.0 Å². The lowest BCUT2D eigenvalue weighted by atomic mass is 10.1. The average Bonchev–Trinajstić information content (AvgIpc) is 3.07. The Labute approximate surface area is 150 Å². The molecule has 2 N–H and O–H groups in total. The Bertz CT molecular complexity index is 640. The summed E-state index contributed by atoms with van der Waals surface area (Å²) < 4.78 is 0. The topological polar surface area (TPSA) is 55.4 Å². The van der Waals surface area contributed by atoms with E-state index in [0.717, 1.165) is 44.8 Å². The van der Waals surface area contributed by atoms with Crippen LogP contribution in [-0.2, 0) is 13.1 Å². The Hall–Kier alpha value is -1.69. The molecule has 1 aromatic heterocycles. The lowest BCUT2D eigenvalue weighted by Gasteiger charge is -2.41. The van der Waals surface area contributed by atoms with Crippen LogP contribution in [0.15, 0.2) is 36.4 Å². The molecule has 0 saturated carbocycles. The molecule has 1 saturated heterocycles. The first-order valence-corrected chi connectivity index (χ1v) is 9.31. The average molecular weight is 342 g/mol. The second-order valence-electron chi connectivity index (χ2n) is 7.33. The number of piperazine rings is 1. The molecule has 0 bridgehead atoms. The molecule has 25 heavy (non-hydrogen) atoms. The zero-order valence-electron chi connectivity index (χ0n) is 15.4. The van der Waals surface area contributed by atoms with Crippen LogP contribution >= 0.6 is 0 Å². The number of H-pyrrole nitrogens is 1. The molecule has 0 radical (unpaired) electrons. The summed E-state index contributed by atoms with van der Waals surface area (Å²) in [5, 5.41) is 17.1. The van der Waals surface area contributed by atoms with Gasteiger partial charge in [0, 0.05) is 51.1 Å². The van der Waals surface area contributed by atoms with Gasteiger partial charge in [-0.25, -0.2) is 0 Å². The molecule has 5 heteroatoms. The first-order chi connectivity index (χ1) is 12.2. The number of aliphatic hydroxyl groups is 1. The van der Waals surface area contributed by atoms with Gasteiger partial charge in [-0.15, -0.1) is 0 Å². The summed E-state index contributed by atoms with van der Waals surface area (Å²) in [6.45, 7) is 9.51. The maximum atomic E-state index is 9.48. The number of nitrogens with zero attached hydrogens (tertiary/aromatic N) is 3. The minimum absolute atomic E-state index is 0.241. The number of hydrogen-bond donors (Lipinski definition) is 2. The fourth-order valence-electron chi connectivity index (χ4n) is 3.55. The maximum absolute atomic E-state index is 9.48. The Morgan fingerprint density at radius 2 is 2.00 bits per heavy atom. The quantitative estimate of drug-likeness (QED) is 0.812. The number of aromatic amines is 1. The fraction of sp³-hybridized carbons (Fsp3) is 0.550. The number of hydrogen-bond acceptors (Lipinski definition) is 4. The SMILES string of the molecule is CC(C)c1cc(CN2CCN(Cc3ccccc3)C(CCO)C2)[nH]n1. The van der Waals surface area contributed by atoms with Crippen LogP contribution in [-0.4, -0.2) is 57.4 Å². The van der Waals surface area contributed by atoms with Crippen molar-refractivity contribution in [2.75, 3.05) is 26.2 Å². The van der Waals surface area contributed by atoms with E-state index < -0.39 is 0 Å². The highest BCUT2D eigenvalue weighted by Crippen LogP contribution is 2.19. The number of aliphatic hydroxyl groups excluding tert-OH is 1.